The average Bonchev–Trinajstić information content (AvgIpc) is 3.44. The van der Waals surface area contributed by atoms with E-state index < -0.39 is 28.3 Å². The Labute approximate surface area is 181 Å². The van der Waals surface area contributed by atoms with Gasteiger partial charge in [-0.05, 0) is 49.9 Å². The van der Waals surface area contributed by atoms with E-state index in [4.69, 9.17) is 9.47 Å². The van der Waals surface area contributed by atoms with Crippen LogP contribution in [0.4, 0.5) is 4.39 Å². The molecule has 1 aromatic rings. The van der Waals surface area contributed by atoms with Crippen LogP contribution in [0, 0.1) is 5.82 Å². The van der Waals surface area contributed by atoms with Crippen molar-refractivity contribution in [3.05, 3.63) is 30.1 Å². The molecule has 2 atom stereocenters. The van der Waals surface area contributed by atoms with Crippen LogP contribution in [0.1, 0.15) is 25.7 Å². The summed E-state index contributed by atoms with van der Waals surface area (Å²) in [6, 6.07) is 4.28. The predicted molar refractivity (Wildman–Crippen MR) is 109 cm³/mol. The van der Waals surface area contributed by atoms with Crippen molar-refractivity contribution in [2.24, 2.45) is 0 Å². The summed E-state index contributed by atoms with van der Waals surface area (Å²) in [6.07, 6.45) is 3.26. The molecule has 2 fully saturated rings. The Balaban J connectivity index is 1.56. The summed E-state index contributed by atoms with van der Waals surface area (Å²) in [7, 11) is -4.00. The topological polar surface area (TPSA) is 114 Å². The first-order valence-corrected chi connectivity index (χ1v) is 11.8. The number of halogens is 1. The molecule has 31 heavy (non-hydrogen) atoms. The third-order valence-corrected chi connectivity index (χ3v) is 6.64. The van der Waals surface area contributed by atoms with Crippen molar-refractivity contribution >= 4 is 21.8 Å². The van der Waals surface area contributed by atoms with Gasteiger partial charge in [0.15, 0.2) is 0 Å². The maximum absolute atomic E-state index is 13.0. The summed E-state index contributed by atoms with van der Waals surface area (Å²) in [5, 5.41) is 2.77. The Morgan fingerprint density at radius 2 is 1.71 bits per heavy atom. The number of nitrogens with one attached hydrogen (secondary N) is 2. The van der Waals surface area contributed by atoms with E-state index in [9.17, 15) is 22.4 Å². The average molecular weight is 458 g/mol. The van der Waals surface area contributed by atoms with E-state index >= 15 is 0 Å². The van der Waals surface area contributed by atoms with Crippen molar-refractivity contribution in [3.63, 3.8) is 0 Å². The van der Waals surface area contributed by atoms with Crippen LogP contribution in [0.2, 0.25) is 0 Å². The summed E-state index contributed by atoms with van der Waals surface area (Å²) in [6.45, 7) is 1.12. The minimum atomic E-state index is -4.00. The molecule has 2 N–H and O–H groups in total. The summed E-state index contributed by atoms with van der Waals surface area (Å²) < 4.78 is 51.0. The normalized spacial score (nSPS) is 21.2. The molecule has 3 rings (SSSR count). The Bertz CT molecular complexity index is 852. The fourth-order valence-electron chi connectivity index (χ4n) is 3.52. The summed E-state index contributed by atoms with van der Waals surface area (Å²) in [4.78, 5) is 26.3. The first-order valence-electron chi connectivity index (χ1n) is 10.4. The van der Waals surface area contributed by atoms with Crippen molar-refractivity contribution in [1.29, 1.82) is 0 Å². The predicted octanol–water partition coefficient (Wildman–Crippen LogP) is 0.407. The van der Waals surface area contributed by atoms with E-state index in [1.807, 2.05) is 0 Å². The van der Waals surface area contributed by atoms with Gasteiger partial charge in [-0.25, -0.2) is 17.5 Å². The van der Waals surface area contributed by atoms with Gasteiger partial charge in [0.25, 0.3) is 0 Å². The van der Waals surface area contributed by atoms with E-state index in [0.717, 1.165) is 49.9 Å². The molecule has 2 heterocycles. The lowest BCUT2D eigenvalue weighted by Crippen LogP contribution is -2.48. The summed E-state index contributed by atoms with van der Waals surface area (Å²) in [5.41, 5.74) is 0. The summed E-state index contributed by atoms with van der Waals surface area (Å²) >= 11 is 0. The number of benzene rings is 1. The molecule has 9 nitrogen and oxygen atoms in total. The molecule has 2 amide bonds. The molecule has 11 heteroatoms. The van der Waals surface area contributed by atoms with Crippen LogP contribution in [0.5, 0.6) is 0 Å². The van der Waals surface area contributed by atoms with Crippen molar-refractivity contribution in [1.82, 2.24) is 14.9 Å². The highest BCUT2D eigenvalue weighted by Crippen LogP contribution is 2.14. The molecule has 0 radical (unpaired) electrons. The quantitative estimate of drug-likeness (QED) is 0.526. The SMILES string of the molecule is O=C(CN(C[C@@H]1CCCO1)C(=O)CNS(=O)(=O)c1ccc(F)cc1)NC[C@H]1CCCO1. The highest BCUT2D eigenvalue weighted by molar-refractivity contribution is 7.89. The van der Waals surface area contributed by atoms with Crippen molar-refractivity contribution < 1.29 is 31.9 Å². The molecule has 172 valence electrons. The second-order valence-electron chi connectivity index (χ2n) is 7.63. The maximum atomic E-state index is 13.0. The number of ether oxygens (including phenoxy) is 2. The highest BCUT2D eigenvalue weighted by atomic mass is 32.2. The lowest BCUT2D eigenvalue weighted by atomic mass is 10.2. The van der Waals surface area contributed by atoms with Gasteiger partial charge in [0, 0.05) is 26.3 Å². The molecule has 2 aliphatic heterocycles. The van der Waals surface area contributed by atoms with Crippen LogP contribution in [0.3, 0.4) is 0 Å². The van der Waals surface area contributed by atoms with Crippen molar-refractivity contribution in [2.75, 3.05) is 39.4 Å². The van der Waals surface area contributed by atoms with Gasteiger partial charge in [0.05, 0.1) is 30.2 Å². The second kappa shape index (κ2) is 11.0. The van der Waals surface area contributed by atoms with Gasteiger partial charge in [-0.3, -0.25) is 9.59 Å². The lowest BCUT2D eigenvalue weighted by Gasteiger charge is -2.25. The first kappa shape index (κ1) is 23.6. The number of hydrogen-bond donors (Lipinski definition) is 2. The third kappa shape index (κ3) is 7.23. The number of rotatable bonds is 10. The molecular weight excluding hydrogens is 429 g/mol. The van der Waals surface area contributed by atoms with E-state index in [0.29, 0.717) is 19.8 Å². The first-order chi connectivity index (χ1) is 14.8. The smallest absolute Gasteiger partial charge is 0.241 e. The van der Waals surface area contributed by atoms with E-state index in [1.54, 1.807) is 0 Å². The van der Waals surface area contributed by atoms with Gasteiger partial charge in [-0.1, -0.05) is 0 Å². The number of carbonyl (C=O) groups excluding carboxylic acids is 2. The molecule has 0 spiro atoms. The third-order valence-electron chi connectivity index (χ3n) is 5.22. The lowest BCUT2D eigenvalue weighted by molar-refractivity contribution is -0.136. The fraction of sp³-hybridized carbons (Fsp3) is 0.600. The minimum Gasteiger partial charge on any atom is -0.376 e. The van der Waals surface area contributed by atoms with Gasteiger partial charge >= 0.3 is 0 Å². The standard InChI is InChI=1S/C20H28FN3O6S/c21-15-5-7-18(8-6-15)31(27,28)23-12-20(26)24(13-17-4-2-10-30-17)14-19(25)22-11-16-3-1-9-29-16/h5-8,16-17,23H,1-4,9-14H2,(H,22,25)/t16-,17+/m1/s1. The zero-order valence-corrected chi connectivity index (χ0v) is 18.0. The van der Waals surface area contributed by atoms with Crippen LogP contribution >= 0.6 is 0 Å². The molecule has 0 bridgehead atoms. The number of hydrogen-bond acceptors (Lipinski definition) is 6. The van der Waals surface area contributed by atoms with Crippen molar-refractivity contribution in [2.45, 2.75) is 42.8 Å². The van der Waals surface area contributed by atoms with Gasteiger partial charge in [0.1, 0.15) is 5.82 Å². The molecular formula is C20H28FN3O6S. The van der Waals surface area contributed by atoms with Gasteiger partial charge in [0.2, 0.25) is 21.8 Å². The van der Waals surface area contributed by atoms with Crippen LogP contribution < -0.4 is 10.0 Å². The fourth-order valence-corrected chi connectivity index (χ4v) is 4.49. The van der Waals surface area contributed by atoms with Crippen LogP contribution in [0.15, 0.2) is 29.2 Å². The Hall–Kier alpha value is -2.08. The molecule has 2 saturated heterocycles. The minimum absolute atomic E-state index is 0.0196. The summed E-state index contributed by atoms with van der Waals surface area (Å²) in [5.74, 6) is -1.46. The van der Waals surface area contributed by atoms with Crippen molar-refractivity contribution in [3.8, 4) is 0 Å². The van der Waals surface area contributed by atoms with Crippen LogP contribution in [-0.2, 0) is 29.1 Å². The number of carbonyl (C=O) groups is 2. The van der Waals surface area contributed by atoms with E-state index in [2.05, 4.69) is 10.0 Å². The molecule has 2 aliphatic rings. The Kier molecular flexibility index (Phi) is 8.35. The van der Waals surface area contributed by atoms with Gasteiger partial charge in [-0.2, -0.15) is 0 Å². The number of nitrogens with zero attached hydrogens (tertiary/aromatic N) is 1. The molecule has 0 aromatic heterocycles. The van der Waals surface area contributed by atoms with E-state index in [1.165, 1.54) is 4.90 Å². The molecule has 0 unspecified atom stereocenters. The zero-order chi connectivity index (χ0) is 22.3. The maximum Gasteiger partial charge on any atom is 0.241 e. The molecule has 0 aliphatic carbocycles. The van der Waals surface area contributed by atoms with Crippen LogP contribution in [0.25, 0.3) is 0 Å². The van der Waals surface area contributed by atoms with Gasteiger partial charge < -0.3 is 19.7 Å². The number of amides is 2. The van der Waals surface area contributed by atoms with Gasteiger partial charge in [-0.15, -0.1) is 0 Å². The van der Waals surface area contributed by atoms with Crippen LogP contribution in [-0.4, -0.2) is 76.7 Å². The second-order valence-corrected chi connectivity index (χ2v) is 9.39. The Morgan fingerprint density at radius 3 is 2.32 bits per heavy atom. The molecule has 0 saturated carbocycles. The number of sulfonamides is 1. The zero-order valence-electron chi connectivity index (χ0n) is 17.2. The largest absolute Gasteiger partial charge is 0.376 e. The Morgan fingerprint density at radius 1 is 1.06 bits per heavy atom. The van der Waals surface area contributed by atoms with E-state index in [-0.39, 0.29) is 36.1 Å². The highest BCUT2D eigenvalue weighted by Gasteiger charge is 2.26. The monoisotopic (exact) mass is 457 g/mol. The molecule has 1 aromatic carbocycles.